The van der Waals surface area contributed by atoms with E-state index in [2.05, 4.69) is 0 Å². The molecule has 4 N–H and O–H groups in total. The minimum Gasteiger partial charge on any atom is -0.504 e. The average Bonchev–Trinajstić information content (AvgIpc) is 2.32. The Morgan fingerprint density at radius 1 is 1.27 bits per heavy atom. The van der Waals surface area contributed by atoms with Crippen LogP contribution in [0.2, 0.25) is 0 Å². The van der Waals surface area contributed by atoms with Crippen LogP contribution in [0.4, 0.5) is 0 Å². The van der Waals surface area contributed by atoms with Gasteiger partial charge in [-0.05, 0) is 37.0 Å². The van der Waals surface area contributed by atoms with Crippen LogP contribution in [0.1, 0.15) is 28.8 Å². The number of carbonyl (C=O) groups is 1. The van der Waals surface area contributed by atoms with Crippen LogP contribution in [0.15, 0.2) is 12.1 Å². The number of Topliss-reactive ketones (excluding diaryl/α,β-unsaturated/α-hetero) is 1. The quantitative estimate of drug-likeness (QED) is 0.436. The number of aryl methyl sites for hydroxylation is 1. The van der Waals surface area contributed by atoms with Crippen LogP contribution >= 0.6 is 0 Å². The lowest BCUT2D eigenvalue weighted by molar-refractivity contribution is 0.0959. The van der Waals surface area contributed by atoms with Gasteiger partial charge in [-0.1, -0.05) is 0 Å². The molecule has 0 aromatic heterocycles. The first-order valence-corrected chi connectivity index (χ1v) is 4.94. The number of hydrogen-bond donors (Lipinski definition) is 3. The fourth-order valence-electron chi connectivity index (χ4n) is 1.90. The molecule has 0 radical (unpaired) electrons. The third kappa shape index (κ3) is 1.68. The molecular formula is C11H13NO3. The van der Waals surface area contributed by atoms with Gasteiger partial charge in [0.15, 0.2) is 17.3 Å². The van der Waals surface area contributed by atoms with E-state index in [-0.39, 0.29) is 17.3 Å². The molecule has 1 aliphatic rings. The van der Waals surface area contributed by atoms with Crippen LogP contribution in [0.25, 0.3) is 0 Å². The van der Waals surface area contributed by atoms with Gasteiger partial charge in [0, 0.05) is 5.56 Å². The SMILES string of the molecule is NC1CCCc2cc(O)c(O)cc2C1=O. The highest BCUT2D eigenvalue weighted by molar-refractivity contribution is 6.02. The molecule has 0 saturated heterocycles. The number of aromatic hydroxyl groups is 2. The Bertz CT molecular complexity index is 415. The molecule has 4 nitrogen and oxygen atoms in total. The first-order chi connectivity index (χ1) is 7.09. The average molecular weight is 207 g/mol. The van der Waals surface area contributed by atoms with Gasteiger partial charge in [0.25, 0.3) is 0 Å². The molecule has 2 rings (SSSR count). The van der Waals surface area contributed by atoms with Gasteiger partial charge in [0.1, 0.15) is 0 Å². The Labute approximate surface area is 87.3 Å². The molecular weight excluding hydrogens is 194 g/mol. The number of fused-ring (bicyclic) bond motifs is 1. The van der Waals surface area contributed by atoms with Crippen molar-refractivity contribution in [1.29, 1.82) is 0 Å². The van der Waals surface area contributed by atoms with Crippen LogP contribution in [0.3, 0.4) is 0 Å². The van der Waals surface area contributed by atoms with Crippen molar-refractivity contribution in [3.63, 3.8) is 0 Å². The Balaban J connectivity index is 2.54. The van der Waals surface area contributed by atoms with Crippen LogP contribution in [-0.4, -0.2) is 22.0 Å². The van der Waals surface area contributed by atoms with Crippen molar-refractivity contribution in [2.24, 2.45) is 5.73 Å². The summed E-state index contributed by atoms with van der Waals surface area (Å²) in [4.78, 5) is 11.8. The zero-order chi connectivity index (χ0) is 11.0. The third-order valence-corrected chi connectivity index (χ3v) is 2.76. The molecule has 4 heteroatoms. The van der Waals surface area contributed by atoms with Crippen molar-refractivity contribution in [3.8, 4) is 11.5 Å². The fraction of sp³-hybridized carbons (Fsp3) is 0.364. The van der Waals surface area contributed by atoms with E-state index in [0.29, 0.717) is 18.4 Å². The summed E-state index contributed by atoms with van der Waals surface area (Å²) < 4.78 is 0. The molecule has 0 fully saturated rings. The van der Waals surface area contributed by atoms with Crippen LogP contribution < -0.4 is 5.73 Å². The second-order valence-corrected chi connectivity index (χ2v) is 3.86. The fourth-order valence-corrected chi connectivity index (χ4v) is 1.90. The summed E-state index contributed by atoms with van der Waals surface area (Å²) in [6.45, 7) is 0. The highest BCUT2D eigenvalue weighted by Crippen LogP contribution is 2.31. The van der Waals surface area contributed by atoms with Gasteiger partial charge in [-0.15, -0.1) is 0 Å². The molecule has 1 aliphatic carbocycles. The molecule has 0 aliphatic heterocycles. The van der Waals surface area contributed by atoms with E-state index < -0.39 is 6.04 Å². The van der Waals surface area contributed by atoms with Crippen molar-refractivity contribution < 1.29 is 15.0 Å². The van der Waals surface area contributed by atoms with Crippen molar-refractivity contribution >= 4 is 5.78 Å². The van der Waals surface area contributed by atoms with E-state index in [1.807, 2.05) is 0 Å². The Hall–Kier alpha value is -1.55. The Morgan fingerprint density at radius 3 is 2.67 bits per heavy atom. The number of rotatable bonds is 0. The topological polar surface area (TPSA) is 83.6 Å². The monoisotopic (exact) mass is 207 g/mol. The summed E-state index contributed by atoms with van der Waals surface area (Å²) in [7, 11) is 0. The summed E-state index contributed by atoms with van der Waals surface area (Å²) in [6, 6.07) is 2.26. The first-order valence-electron chi connectivity index (χ1n) is 4.94. The lowest BCUT2D eigenvalue weighted by Gasteiger charge is -2.08. The van der Waals surface area contributed by atoms with E-state index >= 15 is 0 Å². The largest absolute Gasteiger partial charge is 0.504 e. The molecule has 0 bridgehead atoms. The number of phenolic OH excluding ortho intramolecular Hbond substituents is 2. The summed E-state index contributed by atoms with van der Waals surface area (Å²) in [5, 5.41) is 18.7. The van der Waals surface area contributed by atoms with Crippen LogP contribution in [-0.2, 0) is 6.42 Å². The highest BCUT2D eigenvalue weighted by Gasteiger charge is 2.23. The van der Waals surface area contributed by atoms with Crippen molar-refractivity contribution in [3.05, 3.63) is 23.3 Å². The summed E-state index contributed by atoms with van der Waals surface area (Å²) in [5.41, 5.74) is 6.89. The first kappa shape index (κ1) is 9.98. The van der Waals surface area contributed by atoms with Crippen molar-refractivity contribution in [2.45, 2.75) is 25.3 Å². The maximum Gasteiger partial charge on any atom is 0.179 e. The van der Waals surface area contributed by atoms with E-state index in [0.717, 1.165) is 12.0 Å². The Kier molecular flexibility index (Phi) is 2.36. The van der Waals surface area contributed by atoms with Crippen molar-refractivity contribution in [2.75, 3.05) is 0 Å². The lowest BCUT2D eigenvalue weighted by Crippen LogP contribution is -2.29. The molecule has 80 valence electrons. The zero-order valence-corrected chi connectivity index (χ0v) is 8.23. The van der Waals surface area contributed by atoms with Gasteiger partial charge >= 0.3 is 0 Å². The van der Waals surface area contributed by atoms with Gasteiger partial charge in [0.05, 0.1) is 6.04 Å². The van der Waals surface area contributed by atoms with Gasteiger partial charge in [0.2, 0.25) is 0 Å². The van der Waals surface area contributed by atoms with Crippen LogP contribution in [0.5, 0.6) is 11.5 Å². The predicted molar refractivity (Wildman–Crippen MR) is 55.0 cm³/mol. The molecule has 1 aromatic rings. The van der Waals surface area contributed by atoms with Crippen molar-refractivity contribution in [1.82, 2.24) is 0 Å². The van der Waals surface area contributed by atoms with E-state index in [1.54, 1.807) is 0 Å². The smallest absolute Gasteiger partial charge is 0.179 e. The zero-order valence-electron chi connectivity index (χ0n) is 8.23. The molecule has 15 heavy (non-hydrogen) atoms. The highest BCUT2D eigenvalue weighted by atomic mass is 16.3. The molecule has 0 heterocycles. The second-order valence-electron chi connectivity index (χ2n) is 3.86. The molecule has 1 aromatic carbocycles. The van der Waals surface area contributed by atoms with Gasteiger partial charge in [-0.25, -0.2) is 0 Å². The molecule has 0 spiro atoms. The summed E-state index contributed by atoms with van der Waals surface area (Å²) in [6.07, 6.45) is 2.18. The number of phenols is 2. The number of benzene rings is 1. The van der Waals surface area contributed by atoms with Crippen LogP contribution in [0, 0.1) is 0 Å². The number of nitrogens with two attached hydrogens (primary N) is 1. The standard InChI is InChI=1S/C11H13NO3/c12-8-3-1-2-6-4-9(13)10(14)5-7(6)11(8)15/h4-5,8,13-14H,1-3,12H2. The van der Waals surface area contributed by atoms with Gasteiger partial charge in [-0.3, -0.25) is 4.79 Å². The molecule has 0 amide bonds. The lowest BCUT2D eigenvalue weighted by atomic mass is 10.00. The molecule has 0 saturated carbocycles. The maximum absolute atomic E-state index is 11.8. The second kappa shape index (κ2) is 3.55. The minimum atomic E-state index is -0.491. The molecule has 1 unspecified atom stereocenters. The predicted octanol–water partition coefficient (Wildman–Crippen LogP) is 0.944. The number of carbonyl (C=O) groups excluding carboxylic acids is 1. The summed E-state index contributed by atoms with van der Waals surface area (Å²) >= 11 is 0. The summed E-state index contributed by atoms with van der Waals surface area (Å²) in [5.74, 6) is -0.606. The van der Waals surface area contributed by atoms with E-state index in [4.69, 9.17) is 5.73 Å². The molecule has 1 atom stereocenters. The van der Waals surface area contributed by atoms with Gasteiger partial charge < -0.3 is 15.9 Å². The van der Waals surface area contributed by atoms with E-state index in [1.165, 1.54) is 12.1 Å². The van der Waals surface area contributed by atoms with E-state index in [9.17, 15) is 15.0 Å². The number of hydrogen-bond acceptors (Lipinski definition) is 4. The number of ketones is 1. The minimum absolute atomic E-state index is 0.155. The third-order valence-electron chi connectivity index (χ3n) is 2.76. The Morgan fingerprint density at radius 2 is 1.93 bits per heavy atom. The maximum atomic E-state index is 11.8. The normalized spacial score (nSPS) is 20.9. The van der Waals surface area contributed by atoms with Gasteiger partial charge in [-0.2, -0.15) is 0 Å².